The Balaban J connectivity index is 3.30. The van der Waals surface area contributed by atoms with Crippen LogP contribution in [0.2, 0.25) is 0 Å². The minimum atomic E-state index is 0.777. The molecule has 1 nitrogen and oxygen atoms in total. The average molecular weight is 192 g/mol. The Hall–Kier alpha value is -1.11. The summed E-state index contributed by atoms with van der Waals surface area (Å²) < 4.78 is 0. The second-order valence-electron chi connectivity index (χ2n) is 3.18. The first-order valence-corrected chi connectivity index (χ1v) is 5.35. The van der Waals surface area contributed by atoms with Crippen molar-refractivity contribution in [3.63, 3.8) is 0 Å². The molecule has 0 rings (SSSR count). The van der Waals surface area contributed by atoms with Crippen LogP contribution in [0.4, 0.5) is 0 Å². The van der Waals surface area contributed by atoms with Crippen LogP contribution in [0.3, 0.4) is 0 Å². The first-order chi connectivity index (χ1) is 6.91. The summed E-state index contributed by atoms with van der Waals surface area (Å²) in [6.45, 7) is 2.22. The molecule has 0 aromatic carbocycles. The molecule has 0 aliphatic carbocycles. The molecule has 0 saturated carbocycles. The van der Waals surface area contributed by atoms with E-state index < -0.39 is 0 Å². The van der Waals surface area contributed by atoms with Crippen LogP contribution in [0, 0.1) is 0 Å². The van der Waals surface area contributed by atoms with Gasteiger partial charge < -0.3 is 0 Å². The first kappa shape index (κ1) is 12.9. The Bertz CT molecular complexity index is 199. The van der Waals surface area contributed by atoms with Gasteiger partial charge in [0.05, 0.1) is 0 Å². The quantitative estimate of drug-likeness (QED) is 0.247. The summed E-state index contributed by atoms with van der Waals surface area (Å²) in [5, 5.41) is 0. The SMILES string of the molecule is CCCCCC/C=C/C=C/C=C/C=O. The van der Waals surface area contributed by atoms with Gasteiger partial charge in [-0.25, -0.2) is 0 Å². The average Bonchev–Trinajstić information content (AvgIpc) is 2.21. The summed E-state index contributed by atoms with van der Waals surface area (Å²) in [6, 6.07) is 0. The van der Waals surface area contributed by atoms with Gasteiger partial charge in [0.25, 0.3) is 0 Å². The molecule has 0 heterocycles. The van der Waals surface area contributed by atoms with Crippen LogP contribution in [0.5, 0.6) is 0 Å². The lowest BCUT2D eigenvalue weighted by Crippen LogP contribution is -1.72. The second kappa shape index (κ2) is 11.9. The lowest BCUT2D eigenvalue weighted by atomic mass is 10.1. The Labute approximate surface area is 87.2 Å². The van der Waals surface area contributed by atoms with Crippen molar-refractivity contribution in [1.29, 1.82) is 0 Å². The maximum absolute atomic E-state index is 9.90. The molecule has 0 aromatic rings. The zero-order valence-electron chi connectivity index (χ0n) is 8.99. The van der Waals surface area contributed by atoms with Crippen LogP contribution in [0.15, 0.2) is 36.5 Å². The highest BCUT2D eigenvalue weighted by Gasteiger charge is 1.82. The minimum absolute atomic E-state index is 0.777. The van der Waals surface area contributed by atoms with E-state index in [1.165, 1.54) is 31.8 Å². The van der Waals surface area contributed by atoms with Crippen molar-refractivity contribution < 1.29 is 4.79 Å². The van der Waals surface area contributed by atoms with Gasteiger partial charge in [-0.3, -0.25) is 4.79 Å². The van der Waals surface area contributed by atoms with Crippen molar-refractivity contribution in [2.75, 3.05) is 0 Å². The van der Waals surface area contributed by atoms with Gasteiger partial charge in [0.15, 0.2) is 0 Å². The molecule has 0 radical (unpaired) electrons. The van der Waals surface area contributed by atoms with E-state index in [0.717, 1.165) is 12.7 Å². The fourth-order valence-corrected chi connectivity index (χ4v) is 1.10. The normalized spacial score (nSPS) is 12.1. The molecule has 0 bridgehead atoms. The van der Waals surface area contributed by atoms with E-state index in [-0.39, 0.29) is 0 Å². The number of carbonyl (C=O) groups is 1. The molecule has 14 heavy (non-hydrogen) atoms. The lowest BCUT2D eigenvalue weighted by molar-refractivity contribution is -0.104. The van der Waals surface area contributed by atoms with E-state index in [2.05, 4.69) is 13.0 Å². The molecule has 0 aromatic heterocycles. The van der Waals surface area contributed by atoms with Crippen molar-refractivity contribution in [3.05, 3.63) is 36.5 Å². The van der Waals surface area contributed by atoms with Crippen LogP contribution in [-0.4, -0.2) is 6.29 Å². The summed E-state index contributed by atoms with van der Waals surface area (Å²) in [6.07, 6.45) is 18.4. The molecule has 78 valence electrons. The van der Waals surface area contributed by atoms with Crippen LogP contribution in [-0.2, 0) is 4.79 Å². The third-order valence-corrected chi connectivity index (χ3v) is 1.88. The summed E-state index contributed by atoms with van der Waals surface area (Å²) in [5.74, 6) is 0. The molecular formula is C13H20O. The van der Waals surface area contributed by atoms with Gasteiger partial charge in [0, 0.05) is 0 Å². The molecule has 0 aliphatic rings. The van der Waals surface area contributed by atoms with E-state index in [1.807, 2.05) is 18.2 Å². The molecule has 0 unspecified atom stereocenters. The molecule has 1 heteroatoms. The smallest absolute Gasteiger partial charge is 0.142 e. The molecule has 0 atom stereocenters. The van der Waals surface area contributed by atoms with E-state index in [9.17, 15) is 4.79 Å². The number of rotatable bonds is 8. The van der Waals surface area contributed by atoms with E-state index in [1.54, 1.807) is 6.08 Å². The molecule has 0 aliphatic heterocycles. The van der Waals surface area contributed by atoms with Gasteiger partial charge >= 0.3 is 0 Å². The molecular weight excluding hydrogens is 172 g/mol. The fraction of sp³-hybridized carbons (Fsp3) is 0.462. The predicted octanol–water partition coefficient (Wildman–Crippen LogP) is 3.82. The van der Waals surface area contributed by atoms with Gasteiger partial charge in [0.2, 0.25) is 0 Å². The topological polar surface area (TPSA) is 17.1 Å². The van der Waals surface area contributed by atoms with Crippen molar-refractivity contribution in [3.8, 4) is 0 Å². The minimum Gasteiger partial charge on any atom is -0.299 e. The van der Waals surface area contributed by atoms with Gasteiger partial charge in [-0.1, -0.05) is 56.6 Å². The highest BCUT2D eigenvalue weighted by Crippen LogP contribution is 2.02. The van der Waals surface area contributed by atoms with Gasteiger partial charge in [-0.15, -0.1) is 0 Å². The molecule has 0 fully saturated rings. The number of hydrogen-bond acceptors (Lipinski definition) is 1. The van der Waals surface area contributed by atoms with Crippen LogP contribution >= 0.6 is 0 Å². The number of unbranched alkanes of at least 4 members (excludes halogenated alkanes) is 4. The summed E-state index contributed by atoms with van der Waals surface area (Å²) in [5.41, 5.74) is 0. The largest absolute Gasteiger partial charge is 0.299 e. The standard InChI is InChI=1S/C13H20O/c1-2-3-4-5-6-7-8-9-10-11-12-13-14/h7-13H,2-6H2,1H3/b8-7+,10-9+,12-11+. The number of aldehydes is 1. The fourth-order valence-electron chi connectivity index (χ4n) is 1.10. The maximum Gasteiger partial charge on any atom is 0.142 e. The molecule has 0 N–H and O–H groups in total. The van der Waals surface area contributed by atoms with E-state index in [0.29, 0.717) is 0 Å². The van der Waals surface area contributed by atoms with Crippen LogP contribution in [0.25, 0.3) is 0 Å². The molecule has 0 saturated heterocycles. The monoisotopic (exact) mass is 192 g/mol. The zero-order chi connectivity index (χ0) is 10.5. The van der Waals surface area contributed by atoms with Crippen LogP contribution < -0.4 is 0 Å². The summed E-state index contributed by atoms with van der Waals surface area (Å²) >= 11 is 0. The Kier molecular flexibility index (Phi) is 10.9. The van der Waals surface area contributed by atoms with E-state index in [4.69, 9.17) is 0 Å². The summed E-state index contributed by atoms with van der Waals surface area (Å²) in [4.78, 5) is 9.90. The number of carbonyl (C=O) groups excluding carboxylic acids is 1. The van der Waals surface area contributed by atoms with E-state index >= 15 is 0 Å². The lowest BCUT2D eigenvalue weighted by Gasteiger charge is -1.92. The van der Waals surface area contributed by atoms with Crippen LogP contribution in [0.1, 0.15) is 39.0 Å². The third-order valence-electron chi connectivity index (χ3n) is 1.88. The molecule has 0 amide bonds. The first-order valence-electron chi connectivity index (χ1n) is 5.35. The Morgan fingerprint density at radius 2 is 1.57 bits per heavy atom. The van der Waals surface area contributed by atoms with Gasteiger partial charge in [0.1, 0.15) is 6.29 Å². The molecule has 0 spiro atoms. The van der Waals surface area contributed by atoms with Crippen molar-refractivity contribution in [1.82, 2.24) is 0 Å². The second-order valence-corrected chi connectivity index (χ2v) is 3.18. The highest BCUT2D eigenvalue weighted by atomic mass is 16.1. The van der Waals surface area contributed by atoms with Crippen molar-refractivity contribution in [2.24, 2.45) is 0 Å². The number of hydrogen-bond donors (Lipinski definition) is 0. The third kappa shape index (κ3) is 10.9. The predicted molar refractivity (Wildman–Crippen MR) is 62.2 cm³/mol. The highest BCUT2D eigenvalue weighted by molar-refractivity contribution is 5.65. The Morgan fingerprint density at radius 1 is 0.857 bits per heavy atom. The number of allylic oxidation sites excluding steroid dienone is 6. The van der Waals surface area contributed by atoms with Crippen molar-refractivity contribution in [2.45, 2.75) is 39.0 Å². The maximum atomic E-state index is 9.90. The van der Waals surface area contributed by atoms with Gasteiger partial charge in [-0.05, 0) is 18.9 Å². The van der Waals surface area contributed by atoms with Gasteiger partial charge in [-0.2, -0.15) is 0 Å². The Morgan fingerprint density at radius 3 is 2.29 bits per heavy atom. The van der Waals surface area contributed by atoms with Crippen molar-refractivity contribution >= 4 is 6.29 Å². The zero-order valence-corrected chi connectivity index (χ0v) is 8.99. The summed E-state index contributed by atoms with van der Waals surface area (Å²) in [7, 11) is 0.